The van der Waals surface area contributed by atoms with Gasteiger partial charge in [-0.3, -0.25) is 18.6 Å². The fourth-order valence-electron chi connectivity index (χ4n) is 5.16. The van der Waals surface area contributed by atoms with Crippen molar-refractivity contribution in [3.63, 3.8) is 0 Å². The van der Waals surface area contributed by atoms with Crippen molar-refractivity contribution in [1.82, 2.24) is 0 Å². The van der Waals surface area contributed by atoms with Crippen molar-refractivity contribution in [2.45, 2.75) is 161 Å². The van der Waals surface area contributed by atoms with Crippen molar-refractivity contribution in [2.24, 2.45) is 0 Å². The molecule has 3 unspecified atom stereocenters. The summed E-state index contributed by atoms with van der Waals surface area (Å²) in [6.07, 6.45) is 39.3. The molecule has 0 aliphatic heterocycles. The van der Waals surface area contributed by atoms with Crippen LogP contribution in [0, 0.1) is 0 Å². The molecular weight excluding hydrogens is 717 g/mol. The van der Waals surface area contributed by atoms with Gasteiger partial charge < -0.3 is 24.0 Å². The average molecular weight is 797 g/mol. The van der Waals surface area contributed by atoms with Gasteiger partial charge in [0.15, 0.2) is 6.10 Å². The molecule has 0 aromatic rings. The Labute approximate surface area is 335 Å². The topological polar surface area (TPSA) is 129 Å². The zero-order chi connectivity index (χ0) is 40.9. The Morgan fingerprint density at radius 3 is 1.75 bits per heavy atom. The van der Waals surface area contributed by atoms with E-state index >= 15 is 0 Å². The standard InChI is InChI=1S/C44H78NO9P/c1-6-8-9-10-11-12-13-16-20-23-26-29-32-35-43(47)51-39-42(40-53-55(49,50)52-38-37-45(3,4)5)54-44(48)36-33-30-27-24-21-18-15-14-17-19-22-25-28-31-34-41(46)7-2/h12-13,15,17-19,24-25,27-28,41-42,46H,6-11,14,16,20-23,26,29-40H2,1-5H3/p+1/b13-12-,18-15-,19-17-,27-24-,28-25-. The van der Waals surface area contributed by atoms with E-state index in [0.717, 1.165) is 70.6 Å². The number of carbonyl (C=O) groups excluding carboxylic acids is 2. The molecule has 0 amide bonds. The summed E-state index contributed by atoms with van der Waals surface area (Å²) in [6.45, 7) is 4.02. The number of rotatable bonds is 37. The summed E-state index contributed by atoms with van der Waals surface area (Å²) >= 11 is 0. The number of allylic oxidation sites excluding steroid dienone is 10. The highest BCUT2D eigenvalue weighted by atomic mass is 31.2. The van der Waals surface area contributed by atoms with Gasteiger partial charge in [0.2, 0.25) is 0 Å². The number of aliphatic hydroxyl groups excluding tert-OH is 1. The van der Waals surface area contributed by atoms with Gasteiger partial charge in [0.1, 0.15) is 19.8 Å². The highest BCUT2D eigenvalue weighted by Crippen LogP contribution is 2.43. The maximum absolute atomic E-state index is 12.6. The number of aliphatic hydroxyl groups is 1. The van der Waals surface area contributed by atoms with Crippen LogP contribution in [0.4, 0.5) is 0 Å². The van der Waals surface area contributed by atoms with Crippen molar-refractivity contribution in [1.29, 1.82) is 0 Å². The van der Waals surface area contributed by atoms with Gasteiger partial charge in [-0.2, -0.15) is 0 Å². The molecule has 0 aromatic carbocycles. The summed E-state index contributed by atoms with van der Waals surface area (Å²) < 4.78 is 34.1. The largest absolute Gasteiger partial charge is 0.472 e. The number of quaternary nitrogens is 1. The van der Waals surface area contributed by atoms with E-state index < -0.39 is 32.5 Å². The predicted molar refractivity (Wildman–Crippen MR) is 225 cm³/mol. The number of carbonyl (C=O) groups is 2. The Bertz CT molecular complexity index is 1140. The first-order chi connectivity index (χ1) is 26.4. The van der Waals surface area contributed by atoms with Crippen LogP contribution in [0.5, 0.6) is 0 Å². The third kappa shape index (κ3) is 39.7. The van der Waals surface area contributed by atoms with Crippen molar-refractivity contribution in [2.75, 3.05) is 47.5 Å². The van der Waals surface area contributed by atoms with Gasteiger partial charge in [0.05, 0.1) is 33.9 Å². The van der Waals surface area contributed by atoms with Crippen LogP contribution >= 0.6 is 7.82 Å². The molecule has 0 aromatic heterocycles. The van der Waals surface area contributed by atoms with E-state index in [2.05, 4.69) is 61.6 Å². The van der Waals surface area contributed by atoms with Crippen LogP contribution in [0.1, 0.15) is 149 Å². The monoisotopic (exact) mass is 797 g/mol. The average Bonchev–Trinajstić information content (AvgIpc) is 3.13. The minimum atomic E-state index is -4.40. The highest BCUT2D eigenvalue weighted by molar-refractivity contribution is 7.47. The summed E-state index contributed by atoms with van der Waals surface area (Å²) in [5, 5.41) is 9.56. The molecule has 3 atom stereocenters. The maximum Gasteiger partial charge on any atom is 0.472 e. The number of hydrogen-bond acceptors (Lipinski definition) is 8. The lowest BCUT2D eigenvalue weighted by Crippen LogP contribution is -2.37. The molecular formula is C44H79NO9P+. The second-order valence-electron chi connectivity index (χ2n) is 15.2. The highest BCUT2D eigenvalue weighted by Gasteiger charge is 2.27. The minimum Gasteiger partial charge on any atom is -0.462 e. The first-order valence-corrected chi connectivity index (χ1v) is 22.6. The number of unbranched alkanes of at least 4 members (excludes halogenated alkanes) is 10. The Morgan fingerprint density at radius 2 is 1.15 bits per heavy atom. The van der Waals surface area contributed by atoms with Crippen LogP contribution < -0.4 is 0 Å². The van der Waals surface area contributed by atoms with Gasteiger partial charge in [-0.15, -0.1) is 0 Å². The fraction of sp³-hybridized carbons (Fsp3) is 0.727. The van der Waals surface area contributed by atoms with E-state index in [4.69, 9.17) is 18.5 Å². The van der Waals surface area contributed by atoms with E-state index in [9.17, 15) is 24.2 Å². The molecule has 0 fully saturated rings. The van der Waals surface area contributed by atoms with Crippen molar-refractivity contribution in [3.05, 3.63) is 60.8 Å². The molecule has 2 N–H and O–H groups in total. The van der Waals surface area contributed by atoms with Gasteiger partial charge in [0.25, 0.3) is 0 Å². The molecule has 11 heteroatoms. The lowest BCUT2D eigenvalue weighted by Gasteiger charge is -2.24. The Hall–Kier alpha value is -2.33. The van der Waals surface area contributed by atoms with Crippen molar-refractivity contribution >= 4 is 19.8 Å². The number of phosphoric ester groups is 1. The minimum absolute atomic E-state index is 0.0115. The molecule has 0 heterocycles. The van der Waals surface area contributed by atoms with Crippen molar-refractivity contribution in [3.8, 4) is 0 Å². The molecule has 0 saturated carbocycles. The quantitative estimate of drug-likeness (QED) is 0.0207. The molecule has 55 heavy (non-hydrogen) atoms. The van der Waals surface area contributed by atoms with Crippen LogP contribution in [0.25, 0.3) is 0 Å². The Morgan fingerprint density at radius 1 is 0.636 bits per heavy atom. The lowest BCUT2D eigenvalue weighted by molar-refractivity contribution is -0.870. The molecule has 0 aliphatic carbocycles. The number of hydrogen-bond donors (Lipinski definition) is 2. The molecule has 0 spiro atoms. The van der Waals surface area contributed by atoms with E-state index in [0.29, 0.717) is 30.3 Å². The molecule has 10 nitrogen and oxygen atoms in total. The molecule has 0 rings (SSSR count). The predicted octanol–water partition coefficient (Wildman–Crippen LogP) is 10.7. The van der Waals surface area contributed by atoms with Crippen LogP contribution in [0.3, 0.4) is 0 Å². The van der Waals surface area contributed by atoms with Gasteiger partial charge in [0, 0.05) is 12.8 Å². The van der Waals surface area contributed by atoms with E-state index in [1.54, 1.807) is 0 Å². The third-order valence-corrected chi connectivity index (χ3v) is 9.67. The summed E-state index contributed by atoms with van der Waals surface area (Å²) in [4.78, 5) is 35.3. The summed E-state index contributed by atoms with van der Waals surface area (Å²) in [5.41, 5.74) is 0. The molecule has 318 valence electrons. The Kier molecular flexibility index (Phi) is 34.5. The van der Waals surface area contributed by atoms with E-state index in [1.807, 2.05) is 34.1 Å². The first-order valence-electron chi connectivity index (χ1n) is 21.1. The molecule has 0 bridgehead atoms. The van der Waals surface area contributed by atoms with Gasteiger partial charge in [-0.25, -0.2) is 4.57 Å². The number of ether oxygens (including phenoxy) is 2. The third-order valence-electron chi connectivity index (χ3n) is 8.68. The van der Waals surface area contributed by atoms with Crippen LogP contribution in [0.2, 0.25) is 0 Å². The molecule has 0 saturated heterocycles. The summed E-state index contributed by atoms with van der Waals surface area (Å²) in [6, 6.07) is 0. The summed E-state index contributed by atoms with van der Waals surface area (Å²) in [5.74, 6) is -0.899. The zero-order valence-electron chi connectivity index (χ0n) is 35.3. The van der Waals surface area contributed by atoms with Gasteiger partial charge in [-0.05, 0) is 83.5 Å². The van der Waals surface area contributed by atoms with Gasteiger partial charge in [-0.1, -0.05) is 113 Å². The van der Waals surface area contributed by atoms with E-state index in [1.165, 1.54) is 32.1 Å². The fourth-order valence-corrected chi connectivity index (χ4v) is 5.90. The van der Waals surface area contributed by atoms with Crippen LogP contribution in [0.15, 0.2) is 60.8 Å². The molecule has 0 aliphatic rings. The van der Waals surface area contributed by atoms with Gasteiger partial charge >= 0.3 is 19.8 Å². The normalized spacial score (nSPS) is 14.8. The van der Waals surface area contributed by atoms with Crippen LogP contribution in [-0.4, -0.2) is 86.1 Å². The summed E-state index contributed by atoms with van der Waals surface area (Å²) in [7, 11) is 1.41. The van der Waals surface area contributed by atoms with Crippen LogP contribution in [-0.2, 0) is 32.7 Å². The molecule has 0 radical (unpaired) electrons. The Balaban J connectivity index is 4.52. The number of esters is 2. The smallest absolute Gasteiger partial charge is 0.462 e. The second kappa shape index (κ2) is 36.0. The zero-order valence-corrected chi connectivity index (χ0v) is 36.1. The maximum atomic E-state index is 12.6. The second-order valence-corrected chi connectivity index (χ2v) is 16.6. The van der Waals surface area contributed by atoms with E-state index in [-0.39, 0.29) is 32.2 Å². The SMILES string of the molecule is CCCCCC/C=C\CCCCCCCC(=O)OCC(COP(=O)(O)OCC[N+](C)(C)C)OC(=O)CCC/C=C\C/C=C\C/C=C\C/C=C\CCC(O)CC. The number of phosphoric acid groups is 1. The number of nitrogens with zero attached hydrogens (tertiary/aromatic N) is 1. The number of likely N-dealkylation sites (N-methyl/N-ethyl adjacent to an activating group) is 1. The first kappa shape index (κ1) is 52.7. The van der Waals surface area contributed by atoms with Crippen molar-refractivity contribution < 1.29 is 47.2 Å². The lowest BCUT2D eigenvalue weighted by atomic mass is 10.1.